The van der Waals surface area contributed by atoms with Crippen molar-refractivity contribution in [3.05, 3.63) is 35.9 Å². The van der Waals surface area contributed by atoms with E-state index < -0.39 is 0 Å². The number of halogens is 1. The molecule has 118 valence electrons. The van der Waals surface area contributed by atoms with Gasteiger partial charge in [-0.25, -0.2) is 4.39 Å². The molecule has 0 amide bonds. The molecule has 0 aliphatic heterocycles. The lowest BCUT2D eigenvalue weighted by atomic mass is 10.3. The number of aromatic nitrogens is 5. The van der Waals surface area contributed by atoms with Gasteiger partial charge in [-0.1, -0.05) is 23.1 Å². The van der Waals surface area contributed by atoms with E-state index in [0.29, 0.717) is 22.4 Å². The lowest BCUT2D eigenvalue weighted by Crippen LogP contribution is -2.06. The molecule has 5 N–H and O–H groups in total. The second kappa shape index (κ2) is 6.71. The van der Waals surface area contributed by atoms with E-state index in [-0.39, 0.29) is 17.7 Å². The first-order chi connectivity index (χ1) is 11.1. The molecule has 2 aromatic heterocycles. The zero-order chi connectivity index (χ0) is 16.2. The summed E-state index contributed by atoms with van der Waals surface area (Å²) < 4.78 is 13.6. The van der Waals surface area contributed by atoms with Gasteiger partial charge in [0, 0.05) is 5.69 Å². The molecular formula is C12H11FN8S2. The normalized spacial score (nSPS) is 10.7. The molecule has 3 rings (SSSR count). The van der Waals surface area contributed by atoms with Crippen LogP contribution in [0.5, 0.6) is 0 Å². The number of rotatable bonds is 5. The number of nitrogens with two attached hydrogens (primary N) is 2. The summed E-state index contributed by atoms with van der Waals surface area (Å²) >= 11 is 2.68. The zero-order valence-electron chi connectivity index (χ0n) is 11.6. The lowest BCUT2D eigenvalue weighted by molar-refractivity contribution is 0.628. The third kappa shape index (κ3) is 4.23. The molecule has 0 saturated carbocycles. The first-order valence-corrected chi connectivity index (χ1v) is 8.13. The molecule has 0 radical (unpaired) electrons. The van der Waals surface area contributed by atoms with E-state index in [4.69, 9.17) is 11.5 Å². The van der Waals surface area contributed by atoms with Gasteiger partial charge in [0.05, 0.1) is 5.75 Å². The molecule has 0 spiro atoms. The highest BCUT2D eigenvalue weighted by molar-refractivity contribution is 8.00. The minimum absolute atomic E-state index is 0.0944. The number of nitrogens with zero attached hydrogens (tertiary/aromatic N) is 5. The summed E-state index contributed by atoms with van der Waals surface area (Å²) in [5.74, 6) is 0.993. The largest absolute Gasteiger partial charge is 0.374 e. The molecule has 3 aromatic rings. The highest BCUT2D eigenvalue weighted by Gasteiger charge is 2.08. The van der Waals surface area contributed by atoms with Gasteiger partial charge < -0.3 is 16.8 Å². The molecule has 8 nitrogen and oxygen atoms in total. The topological polar surface area (TPSA) is 129 Å². The Labute approximate surface area is 138 Å². The van der Waals surface area contributed by atoms with Crippen LogP contribution in [0.1, 0.15) is 5.82 Å². The number of anilines is 4. The maximum Gasteiger partial charge on any atom is 0.232 e. The predicted octanol–water partition coefficient (Wildman–Crippen LogP) is 2.06. The van der Waals surface area contributed by atoms with Crippen LogP contribution in [0, 0.1) is 5.82 Å². The van der Waals surface area contributed by atoms with Gasteiger partial charge in [-0.2, -0.15) is 15.0 Å². The van der Waals surface area contributed by atoms with E-state index in [1.54, 1.807) is 12.1 Å². The zero-order valence-corrected chi connectivity index (χ0v) is 13.2. The van der Waals surface area contributed by atoms with Crippen molar-refractivity contribution in [1.29, 1.82) is 0 Å². The molecule has 11 heteroatoms. The molecule has 0 bridgehead atoms. The first kappa shape index (κ1) is 15.4. The summed E-state index contributed by atoms with van der Waals surface area (Å²) in [6, 6.07) is 5.83. The van der Waals surface area contributed by atoms with Crippen LogP contribution in [0.15, 0.2) is 28.6 Å². The molecule has 0 aliphatic carbocycles. The van der Waals surface area contributed by atoms with E-state index >= 15 is 0 Å². The minimum atomic E-state index is -0.320. The highest BCUT2D eigenvalue weighted by Crippen LogP contribution is 2.26. The van der Waals surface area contributed by atoms with Crippen LogP contribution in [-0.4, -0.2) is 25.1 Å². The maximum atomic E-state index is 12.9. The van der Waals surface area contributed by atoms with Gasteiger partial charge in [0.15, 0.2) is 4.34 Å². The third-order valence-corrected chi connectivity index (χ3v) is 4.43. The second-order valence-electron chi connectivity index (χ2n) is 4.26. The number of nitrogens with one attached hydrogen (secondary N) is 1. The molecule has 0 saturated heterocycles. The van der Waals surface area contributed by atoms with Crippen molar-refractivity contribution in [2.24, 2.45) is 0 Å². The molecule has 0 atom stereocenters. The summed E-state index contributed by atoms with van der Waals surface area (Å²) in [7, 11) is 0. The smallest absolute Gasteiger partial charge is 0.232 e. The van der Waals surface area contributed by atoms with Crippen LogP contribution in [0.4, 0.5) is 27.1 Å². The maximum absolute atomic E-state index is 12.9. The van der Waals surface area contributed by atoms with Crippen LogP contribution in [-0.2, 0) is 5.75 Å². The second-order valence-corrected chi connectivity index (χ2v) is 6.49. The van der Waals surface area contributed by atoms with Crippen LogP contribution in [0.3, 0.4) is 0 Å². The Morgan fingerprint density at radius 1 is 1.09 bits per heavy atom. The molecule has 23 heavy (non-hydrogen) atoms. The number of hydrogen-bond donors (Lipinski definition) is 3. The quantitative estimate of drug-likeness (QED) is 0.592. The summed E-state index contributed by atoms with van der Waals surface area (Å²) in [4.78, 5) is 12.3. The van der Waals surface area contributed by atoms with Gasteiger partial charge in [-0.05, 0) is 24.3 Å². The van der Waals surface area contributed by atoms with Crippen molar-refractivity contribution < 1.29 is 4.39 Å². The highest BCUT2D eigenvalue weighted by atomic mass is 32.2. The van der Waals surface area contributed by atoms with Crippen molar-refractivity contribution in [1.82, 2.24) is 25.1 Å². The fourth-order valence-corrected chi connectivity index (χ4v) is 3.12. The van der Waals surface area contributed by atoms with Gasteiger partial charge in [-0.15, -0.1) is 10.2 Å². The number of nitrogen functional groups attached to an aromatic ring is 2. The van der Waals surface area contributed by atoms with Crippen molar-refractivity contribution in [3.63, 3.8) is 0 Å². The molecule has 2 heterocycles. The van der Waals surface area contributed by atoms with E-state index in [1.807, 2.05) is 0 Å². The Balaban J connectivity index is 1.72. The van der Waals surface area contributed by atoms with Crippen molar-refractivity contribution in [3.8, 4) is 0 Å². The average Bonchev–Trinajstić information content (AvgIpc) is 2.93. The standard InChI is InChI=1S/C12H11FN8S2/c13-6-1-3-7(4-2-6)16-11-18-8(17-9(14)19-11)5-22-12-21-20-10(15)23-12/h1-4H,5H2,(H2,15,20)(H3,14,16,17,18,19). The number of hydrogen-bond acceptors (Lipinski definition) is 10. The fourth-order valence-electron chi connectivity index (χ4n) is 1.63. The first-order valence-electron chi connectivity index (χ1n) is 6.33. The Morgan fingerprint density at radius 2 is 1.87 bits per heavy atom. The Morgan fingerprint density at radius 3 is 2.57 bits per heavy atom. The van der Waals surface area contributed by atoms with E-state index in [0.717, 1.165) is 4.34 Å². The van der Waals surface area contributed by atoms with Crippen LogP contribution in [0.25, 0.3) is 0 Å². The van der Waals surface area contributed by atoms with Gasteiger partial charge in [-0.3, -0.25) is 0 Å². The number of thioether (sulfide) groups is 1. The summed E-state index contributed by atoms with van der Waals surface area (Å²) in [6.45, 7) is 0. The van der Waals surface area contributed by atoms with E-state index in [1.165, 1.54) is 35.2 Å². The molecule has 1 aromatic carbocycles. The average molecular weight is 350 g/mol. The summed E-state index contributed by atoms with van der Waals surface area (Å²) in [5, 5.41) is 11.0. The fraction of sp³-hybridized carbons (Fsp3) is 0.0833. The summed E-state index contributed by atoms with van der Waals surface area (Å²) in [5.41, 5.74) is 11.9. The van der Waals surface area contributed by atoms with E-state index in [9.17, 15) is 4.39 Å². The van der Waals surface area contributed by atoms with Crippen molar-refractivity contribution in [2.45, 2.75) is 10.1 Å². The molecule has 0 unspecified atom stereocenters. The van der Waals surface area contributed by atoms with Gasteiger partial charge in [0.1, 0.15) is 11.6 Å². The summed E-state index contributed by atoms with van der Waals surface area (Å²) in [6.07, 6.45) is 0. The molecular weight excluding hydrogens is 339 g/mol. The molecule has 0 aliphatic rings. The van der Waals surface area contributed by atoms with Crippen molar-refractivity contribution >= 4 is 45.8 Å². The van der Waals surface area contributed by atoms with Crippen LogP contribution >= 0.6 is 23.1 Å². The third-order valence-electron chi connectivity index (χ3n) is 2.55. The van der Waals surface area contributed by atoms with Gasteiger partial charge in [0.25, 0.3) is 0 Å². The van der Waals surface area contributed by atoms with Gasteiger partial charge in [0.2, 0.25) is 17.0 Å². The molecule has 0 fully saturated rings. The van der Waals surface area contributed by atoms with Crippen molar-refractivity contribution in [2.75, 3.05) is 16.8 Å². The monoisotopic (exact) mass is 350 g/mol. The van der Waals surface area contributed by atoms with Crippen LogP contribution in [0.2, 0.25) is 0 Å². The predicted molar refractivity (Wildman–Crippen MR) is 87.8 cm³/mol. The Bertz CT molecular complexity index is 807. The van der Waals surface area contributed by atoms with Gasteiger partial charge >= 0.3 is 0 Å². The lowest BCUT2D eigenvalue weighted by Gasteiger charge is -2.06. The Hall–Kier alpha value is -2.53. The SMILES string of the molecule is Nc1nc(CSc2nnc(N)s2)nc(Nc2ccc(F)cc2)n1. The Kier molecular flexibility index (Phi) is 4.48. The number of benzene rings is 1. The van der Waals surface area contributed by atoms with E-state index in [2.05, 4.69) is 30.5 Å². The minimum Gasteiger partial charge on any atom is -0.374 e. The van der Waals surface area contributed by atoms with Crippen LogP contribution < -0.4 is 16.8 Å².